The van der Waals surface area contributed by atoms with Gasteiger partial charge in [0.05, 0.1) is 14.2 Å². The summed E-state index contributed by atoms with van der Waals surface area (Å²) in [6.07, 6.45) is 3.85. The molecule has 1 heterocycles. The number of nitrogens with one attached hydrogen (secondary N) is 1. The molecular weight excluding hydrogens is 448 g/mol. The van der Waals surface area contributed by atoms with E-state index in [4.69, 9.17) is 9.47 Å². The van der Waals surface area contributed by atoms with E-state index >= 15 is 0 Å². The number of methoxy groups -OCH3 is 2. The molecule has 0 radical (unpaired) electrons. The smallest absolute Gasteiger partial charge is 0.255 e. The standard InChI is InChI=1S/C27H30N2O4S/c1-32-22-15-14-20(17-23(22)33-2)27(31)29(21-11-6-7-12-21)25(24-13-8-16-34-24)26(30)28-18-19-9-4-3-5-10-19/h3-5,8-10,13-17,21,25H,6-7,11-12,18H2,1-2H3,(H,28,30)/t25-/m0/s1. The van der Waals surface area contributed by atoms with Crippen LogP contribution in [0.25, 0.3) is 0 Å². The van der Waals surface area contributed by atoms with Crippen LogP contribution in [0.3, 0.4) is 0 Å². The summed E-state index contributed by atoms with van der Waals surface area (Å²) in [5, 5.41) is 5.01. The third-order valence-electron chi connectivity index (χ3n) is 6.23. The van der Waals surface area contributed by atoms with Crippen LogP contribution in [0.1, 0.15) is 52.5 Å². The summed E-state index contributed by atoms with van der Waals surface area (Å²) in [5.41, 5.74) is 1.49. The van der Waals surface area contributed by atoms with Crippen LogP contribution in [0.4, 0.5) is 0 Å². The fraction of sp³-hybridized carbons (Fsp3) is 0.333. The molecule has 1 atom stereocenters. The first-order valence-electron chi connectivity index (χ1n) is 11.5. The van der Waals surface area contributed by atoms with Gasteiger partial charge in [0.15, 0.2) is 11.5 Å². The molecule has 3 aromatic rings. The summed E-state index contributed by atoms with van der Waals surface area (Å²) in [6, 6.07) is 18.1. The van der Waals surface area contributed by atoms with Crippen LogP contribution < -0.4 is 14.8 Å². The number of benzene rings is 2. The summed E-state index contributed by atoms with van der Waals surface area (Å²) < 4.78 is 10.8. The van der Waals surface area contributed by atoms with Gasteiger partial charge in [0.2, 0.25) is 5.91 Å². The van der Waals surface area contributed by atoms with E-state index in [1.54, 1.807) is 37.3 Å². The first kappa shape index (κ1) is 23.8. The maximum Gasteiger partial charge on any atom is 0.255 e. The summed E-state index contributed by atoms with van der Waals surface area (Å²) in [6.45, 7) is 0.407. The van der Waals surface area contributed by atoms with Gasteiger partial charge in [-0.25, -0.2) is 0 Å². The van der Waals surface area contributed by atoms with Crippen molar-refractivity contribution in [1.82, 2.24) is 10.2 Å². The van der Waals surface area contributed by atoms with Gasteiger partial charge in [0.1, 0.15) is 6.04 Å². The van der Waals surface area contributed by atoms with Crippen LogP contribution in [0.5, 0.6) is 11.5 Å². The SMILES string of the molecule is COc1ccc(C(=O)N(C2CCCC2)[C@H](C(=O)NCc2ccccc2)c2cccs2)cc1OC. The van der Waals surface area contributed by atoms with E-state index < -0.39 is 6.04 Å². The molecular formula is C27H30N2O4S. The van der Waals surface area contributed by atoms with Gasteiger partial charge in [-0.3, -0.25) is 9.59 Å². The number of amides is 2. The lowest BCUT2D eigenvalue weighted by molar-refractivity contribution is -0.126. The van der Waals surface area contributed by atoms with Gasteiger partial charge in [-0.05, 0) is 48.1 Å². The number of hydrogen-bond donors (Lipinski definition) is 1. The highest BCUT2D eigenvalue weighted by molar-refractivity contribution is 7.10. The molecule has 2 amide bonds. The Morgan fingerprint density at radius 3 is 2.38 bits per heavy atom. The second-order valence-corrected chi connectivity index (χ2v) is 9.32. The van der Waals surface area contributed by atoms with Gasteiger partial charge in [-0.2, -0.15) is 0 Å². The first-order chi connectivity index (χ1) is 16.6. The monoisotopic (exact) mass is 478 g/mol. The van der Waals surface area contributed by atoms with Crippen LogP contribution >= 0.6 is 11.3 Å². The zero-order valence-electron chi connectivity index (χ0n) is 19.5. The third-order valence-corrected chi connectivity index (χ3v) is 7.16. The minimum atomic E-state index is -0.701. The van der Waals surface area contributed by atoms with Crippen molar-refractivity contribution in [1.29, 1.82) is 0 Å². The summed E-state index contributed by atoms with van der Waals surface area (Å²) in [5.74, 6) is 0.691. The van der Waals surface area contributed by atoms with Crippen LogP contribution in [0.2, 0.25) is 0 Å². The number of hydrogen-bond acceptors (Lipinski definition) is 5. The fourth-order valence-corrected chi connectivity index (χ4v) is 5.34. The van der Waals surface area contributed by atoms with E-state index in [0.717, 1.165) is 36.1 Å². The highest BCUT2D eigenvalue weighted by Crippen LogP contribution is 2.36. The molecule has 0 spiro atoms. The highest BCUT2D eigenvalue weighted by atomic mass is 32.1. The number of thiophene rings is 1. The average Bonchev–Trinajstić information content (AvgIpc) is 3.60. The van der Waals surface area contributed by atoms with E-state index in [9.17, 15) is 9.59 Å². The minimum Gasteiger partial charge on any atom is -0.493 e. The Labute approximate surface area is 204 Å². The van der Waals surface area contributed by atoms with Crippen molar-refractivity contribution in [2.24, 2.45) is 0 Å². The second-order valence-electron chi connectivity index (χ2n) is 8.34. The summed E-state index contributed by atoms with van der Waals surface area (Å²) >= 11 is 1.50. The number of ether oxygens (including phenoxy) is 2. The molecule has 0 bridgehead atoms. The molecule has 2 aromatic carbocycles. The lowest BCUT2D eigenvalue weighted by Gasteiger charge is -2.35. The normalized spacial score (nSPS) is 14.4. The minimum absolute atomic E-state index is 0.00447. The van der Waals surface area contributed by atoms with E-state index in [2.05, 4.69) is 5.32 Å². The molecule has 1 fully saturated rings. The molecule has 1 saturated carbocycles. The molecule has 178 valence electrons. The fourth-order valence-electron chi connectivity index (χ4n) is 4.52. The van der Waals surface area contributed by atoms with E-state index in [1.807, 2.05) is 47.8 Å². The zero-order valence-corrected chi connectivity index (χ0v) is 20.3. The van der Waals surface area contributed by atoms with E-state index in [1.165, 1.54) is 11.3 Å². The lowest BCUT2D eigenvalue weighted by Crippen LogP contribution is -2.47. The van der Waals surface area contributed by atoms with Crippen LogP contribution in [-0.2, 0) is 11.3 Å². The Morgan fingerprint density at radius 2 is 1.74 bits per heavy atom. The van der Waals surface area contributed by atoms with E-state index in [0.29, 0.717) is 23.6 Å². The summed E-state index contributed by atoms with van der Waals surface area (Å²) in [7, 11) is 3.11. The molecule has 4 rings (SSSR count). The Balaban J connectivity index is 1.68. The molecule has 7 heteroatoms. The van der Waals surface area contributed by atoms with E-state index in [-0.39, 0.29) is 17.9 Å². The zero-order chi connectivity index (χ0) is 23.9. The van der Waals surface area contributed by atoms with Gasteiger partial charge in [0, 0.05) is 23.0 Å². The van der Waals surface area contributed by atoms with Gasteiger partial charge < -0.3 is 19.7 Å². The van der Waals surface area contributed by atoms with Crippen molar-refractivity contribution in [3.63, 3.8) is 0 Å². The Hall–Kier alpha value is -3.32. The van der Waals surface area contributed by atoms with Crippen LogP contribution in [-0.4, -0.2) is 37.0 Å². The third kappa shape index (κ3) is 5.25. The molecule has 0 aliphatic heterocycles. The van der Waals surface area contributed by atoms with Crippen molar-refractivity contribution < 1.29 is 19.1 Å². The van der Waals surface area contributed by atoms with Crippen LogP contribution in [0, 0.1) is 0 Å². The van der Waals surface area contributed by atoms with Crippen molar-refractivity contribution >= 4 is 23.2 Å². The molecule has 1 aliphatic carbocycles. The van der Waals surface area contributed by atoms with Gasteiger partial charge in [0.25, 0.3) is 5.91 Å². The Kier molecular flexibility index (Phi) is 7.85. The molecule has 6 nitrogen and oxygen atoms in total. The van der Waals surface area contributed by atoms with Gasteiger partial charge >= 0.3 is 0 Å². The van der Waals surface area contributed by atoms with Gasteiger partial charge in [-0.1, -0.05) is 49.2 Å². The van der Waals surface area contributed by atoms with Gasteiger partial charge in [-0.15, -0.1) is 11.3 Å². The quantitative estimate of drug-likeness (QED) is 0.459. The maximum atomic E-state index is 14.0. The van der Waals surface area contributed by atoms with Crippen molar-refractivity contribution in [3.05, 3.63) is 82.0 Å². The number of carbonyl (C=O) groups excluding carboxylic acids is 2. The average molecular weight is 479 g/mol. The Morgan fingerprint density at radius 1 is 1.00 bits per heavy atom. The van der Waals surface area contributed by atoms with Crippen molar-refractivity contribution in [2.45, 2.75) is 44.3 Å². The number of carbonyl (C=O) groups is 2. The lowest BCUT2D eigenvalue weighted by atomic mass is 10.0. The number of nitrogens with zero attached hydrogens (tertiary/aromatic N) is 1. The molecule has 1 N–H and O–H groups in total. The van der Waals surface area contributed by atoms with Crippen LogP contribution in [0.15, 0.2) is 66.0 Å². The highest BCUT2D eigenvalue weighted by Gasteiger charge is 2.38. The molecule has 34 heavy (non-hydrogen) atoms. The molecule has 0 unspecified atom stereocenters. The maximum absolute atomic E-state index is 14.0. The largest absolute Gasteiger partial charge is 0.493 e. The first-order valence-corrected chi connectivity index (χ1v) is 12.4. The van der Waals surface area contributed by atoms with Crippen molar-refractivity contribution in [3.8, 4) is 11.5 Å². The predicted molar refractivity (Wildman–Crippen MR) is 133 cm³/mol. The molecule has 0 saturated heterocycles. The molecule has 1 aromatic heterocycles. The summed E-state index contributed by atoms with van der Waals surface area (Å²) in [4.78, 5) is 30.2. The molecule has 1 aliphatic rings. The Bertz CT molecular complexity index is 1100. The predicted octanol–water partition coefficient (Wildman–Crippen LogP) is 5.21. The second kappa shape index (κ2) is 11.2. The number of rotatable bonds is 9. The topological polar surface area (TPSA) is 67.9 Å². The van der Waals surface area contributed by atoms with Crippen molar-refractivity contribution in [2.75, 3.05) is 14.2 Å².